The highest BCUT2D eigenvalue weighted by atomic mass is 16.5. The van der Waals surface area contributed by atoms with Crippen LogP contribution in [-0.2, 0) is 9.53 Å². The molecule has 0 spiro atoms. The maximum atomic E-state index is 12.1. The maximum Gasteiger partial charge on any atom is 0.326 e. The lowest BCUT2D eigenvalue weighted by atomic mass is 9.97. The highest BCUT2D eigenvalue weighted by Crippen LogP contribution is 2.22. The Kier molecular flexibility index (Phi) is 7.52. The van der Waals surface area contributed by atoms with Crippen LogP contribution in [0.15, 0.2) is 0 Å². The van der Waals surface area contributed by atoms with Gasteiger partial charge in [-0.2, -0.15) is 0 Å². The minimum atomic E-state index is -0.548. The molecule has 0 saturated carbocycles. The van der Waals surface area contributed by atoms with E-state index >= 15 is 0 Å². The molecular formula is C16H32N2O2. The zero-order valence-electron chi connectivity index (χ0n) is 13.7. The summed E-state index contributed by atoms with van der Waals surface area (Å²) in [6, 6.07) is 0. The van der Waals surface area contributed by atoms with Crippen molar-refractivity contribution in [2.24, 2.45) is 5.92 Å². The second kappa shape index (κ2) is 8.63. The Balaban J connectivity index is 2.45. The number of likely N-dealkylation sites (N-methyl/N-ethyl adjacent to an activating group) is 1. The normalized spacial score (nSPS) is 22.7. The van der Waals surface area contributed by atoms with Crippen LogP contribution in [0.2, 0.25) is 0 Å². The first-order valence-electron chi connectivity index (χ1n) is 8.20. The summed E-state index contributed by atoms with van der Waals surface area (Å²) in [6.07, 6.45) is 4.74. The zero-order valence-corrected chi connectivity index (χ0v) is 13.7. The minimum Gasteiger partial charge on any atom is -0.465 e. The molecule has 1 rings (SSSR count). The van der Waals surface area contributed by atoms with Gasteiger partial charge in [0, 0.05) is 13.1 Å². The molecule has 0 aromatic heterocycles. The molecule has 1 heterocycles. The lowest BCUT2D eigenvalue weighted by molar-refractivity contribution is -0.151. The molecule has 2 atom stereocenters. The predicted molar refractivity (Wildman–Crippen MR) is 82.8 cm³/mol. The molecule has 0 amide bonds. The van der Waals surface area contributed by atoms with Crippen molar-refractivity contribution < 1.29 is 9.53 Å². The quantitative estimate of drug-likeness (QED) is 0.660. The Labute approximate surface area is 124 Å². The summed E-state index contributed by atoms with van der Waals surface area (Å²) in [5.74, 6) is 0.735. The minimum absolute atomic E-state index is 0.119. The zero-order chi connectivity index (χ0) is 15.0. The fourth-order valence-electron chi connectivity index (χ4n) is 3.08. The molecule has 0 aliphatic carbocycles. The van der Waals surface area contributed by atoms with Gasteiger partial charge in [-0.15, -0.1) is 0 Å². The fourth-order valence-corrected chi connectivity index (χ4v) is 3.08. The van der Waals surface area contributed by atoms with Crippen molar-refractivity contribution in [2.45, 2.75) is 58.9 Å². The third kappa shape index (κ3) is 5.06. The number of rotatable bonds is 9. The summed E-state index contributed by atoms with van der Waals surface area (Å²) >= 11 is 0. The van der Waals surface area contributed by atoms with Gasteiger partial charge in [-0.3, -0.25) is 4.79 Å². The number of hydrogen-bond acceptors (Lipinski definition) is 4. The molecule has 20 heavy (non-hydrogen) atoms. The van der Waals surface area contributed by atoms with Crippen LogP contribution < -0.4 is 5.32 Å². The molecule has 1 N–H and O–H groups in total. The van der Waals surface area contributed by atoms with Gasteiger partial charge in [0.05, 0.1) is 6.61 Å². The number of hydrogen-bond donors (Lipinski definition) is 1. The van der Waals surface area contributed by atoms with Crippen LogP contribution in [-0.4, -0.2) is 49.2 Å². The van der Waals surface area contributed by atoms with E-state index in [1.807, 2.05) is 20.8 Å². The van der Waals surface area contributed by atoms with Gasteiger partial charge in [-0.1, -0.05) is 20.3 Å². The molecule has 1 fully saturated rings. The van der Waals surface area contributed by atoms with Crippen LogP contribution in [0.25, 0.3) is 0 Å². The van der Waals surface area contributed by atoms with Gasteiger partial charge < -0.3 is 15.0 Å². The summed E-state index contributed by atoms with van der Waals surface area (Å²) in [5, 5.41) is 3.30. The largest absolute Gasteiger partial charge is 0.465 e. The molecule has 118 valence electrons. The molecule has 0 aromatic carbocycles. The molecule has 1 saturated heterocycles. The average molecular weight is 284 g/mol. The van der Waals surface area contributed by atoms with E-state index in [4.69, 9.17) is 4.74 Å². The molecule has 4 nitrogen and oxygen atoms in total. The number of likely N-dealkylation sites (tertiary alicyclic amines) is 1. The van der Waals surface area contributed by atoms with E-state index in [2.05, 4.69) is 17.1 Å². The molecule has 1 aliphatic heterocycles. The van der Waals surface area contributed by atoms with Crippen LogP contribution in [0.3, 0.4) is 0 Å². The van der Waals surface area contributed by atoms with Gasteiger partial charge in [0.25, 0.3) is 0 Å². The Morgan fingerprint density at radius 2 is 2.15 bits per heavy atom. The fraction of sp³-hybridized carbons (Fsp3) is 0.938. The van der Waals surface area contributed by atoms with Gasteiger partial charge >= 0.3 is 5.97 Å². The Morgan fingerprint density at radius 1 is 1.40 bits per heavy atom. The van der Waals surface area contributed by atoms with Crippen molar-refractivity contribution in [2.75, 3.05) is 32.8 Å². The summed E-state index contributed by atoms with van der Waals surface area (Å²) in [7, 11) is 0. The molecule has 0 bridgehead atoms. The van der Waals surface area contributed by atoms with E-state index < -0.39 is 5.54 Å². The molecule has 4 heteroatoms. The van der Waals surface area contributed by atoms with Crippen LogP contribution in [0.5, 0.6) is 0 Å². The van der Waals surface area contributed by atoms with Gasteiger partial charge in [-0.05, 0) is 52.1 Å². The summed E-state index contributed by atoms with van der Waals surface area (Å²) in [5.41, 5.74) is -0.548. The van der Waals surface area contributed by atoms with E-state index in [9.17, 15) is 4.79 Å². The van der Waals surface area contributed by atoms with Crippen LogP contribution in [0, 0.1) is 5.92 Å². The van der Waals surface area contributed by atoms with Gasteiger partial charge in [0.15, 0.2) is 0 Å². The van der Waals surface area contributed by atoms with Gasteiger partial charge in [0.2, 0.25) is 0 Å². The monoisotopic (exact) mass is 284 g/mol. The van der Waals surface area contributed by atoms with Crippen molar-refractivity contribution in [1.82, 2.24) is 10.2 Å². The van der Waals surface area contributed by atoms with Crippen molar-refractivity contribution in [1.29, 1.82) is 0 Å². The van der Waals surface area contributed by atoms with Crippen LogP contribution >= 0.6 is 0 Å². The van der Waals surface area contributed by atoms with Gasteiger partial charge in [-0.25, -0.2) is 0 Å². The lowest BCUT2D eigenvalue weighted by Gasteiger charge is -2.30. The maximum absolute atomic E-state index is 12.1. The van der Waals surface area contributed by atoms with Crippen molar-refractivity contribution in [3.63, 3.8) is 0 Å². The summed E-state index contributed by atoms with van der Waals surface area (Å²) in [4.78, 5) is 14.6. The van der Waals surface area contributed by atoms with E-state index in [-0.39, 0.29) is 5.97 Å². The topological polar surface area (TPSA) is 41.6 Å². The van der Waals surface area contributed by atoms with E-state index in [1.165, 1.54) is 32.4 Å². The second-order valence-corrected chi connectivity index (χ2v) is 6.08. The molecule has 2 unspecified atom stereocenters. The highest BCUT2D eigenvalue weighted by Gasteiger charge is 2.34. The van der Waals surface area contributed by atoms with Crippen LogP contribution in [0.1, 0.15) is 53.4 Å². The predicted octanol–water partition coefficient (Wildman–Crippen LogP) is 2.43. The van der Waals surface area contributed by atoms with Crippen molar-refractivity contribution in [3.8, 4) is 0 Å². The smallest absolute Gasteiger partial charge is 0.326 e. The van der Waals surface area contributed by atoms with Crippen molar-refractivity contribution in [3.05, 3.63) is 0 Å². The Morgan fingerprint density at radius 3 is 2.75 bits per heavy atom. The lowest BCUT2D eigenvalue weighted by Crippen LogP contribution is -2.52. The van der Waals surface area contributed by atoms with E-state index in [0.717, 1.165) is 25.4 Å². The SMILES string of the molecule is CCCC1CCN(CCC(C)(NCC)C(=O)OCC)C1. The number of nitrogens with one attached hydrogen (secondary N) is 1. The summed E-state index contributed by atoms with van der Waals surface area (Å²) in [6.45, 7) is 12.7. The Hall–Kier alpha value is -0.610. The van der Waals surface area contributed by atoms with E-state index in [1.54, 1.807) is 0 Å². The first-order chi connectivity index (χ1) is 9.55. The number of nitrogens with zero attached hydrogens (tertiary/aromatic N) is 1. The molecule has 0 radical (unpaired) electrons. The first kappa shape index (κ1) is 17.4. The second-order valence-electron chi connectivity index (χ2n) is 6.08. The average Bonchev–Trinajstić information content (AvgIpc) is 2.85. The third-order valence-electron chi connectivity index (χ3n) is 4.29. The Bertz CT molecular complexity index is 296. The number of carbonyl (C=O) groups is 1. The summed E-state index contributed by atoms with van der Waals surface area (Å²) < 4.78 is 5.21. The van der Waals surface area contributed by atoms with Crippen LogP contribution in [0.4, 0.5) is 0 Å². The number of carbonyl (C=O) groups excluding carboxylic acids is 1. The highest BCUT2D eigenvalue weighted by molar-refractivity contribution is 5.80. The molecular weight excluding hydrogens is 252 g/mol. The first-order valence-corrected chi connectivity index (χ1v) is 8.20. The van der Waals surface area contributed by atoms with Gasteiger partial charge in [0.1, 0.15) is 5.54 Å². The van der Waals surface area contributed by atoms with Crippen molar-refractivity contribution >= 4 is 5.97 Å². The van der Waals surface area contributed by atoms with E-state index in [0.29, 0.717) is 6.61 Å². The third-order valence-corrected chi connectivity index (χ3v) is 4.29. The number of esters is 1. The number of ether oxygens (including phenoxy) is 1. The standard InChI is InChI=1S/C16H32N2O2/c1-5-8-14-9-11-18(13-14)12-10-16(4,17-6-2)15(19)20-7-3/h14,17H,5-13H2,1-4H3. The molecule has 0 aromatic rings. The molecule has 1 aliphatic rings.